The molecular formula is C17H26O2. The summed E-state index contributed by atoms with van der Waals surface area (Å²) in [5.74, 6) is -0.126. The van der Waals surface area contributed by atoms with E-state index in [0.717, 1.165) is 12.8 Å². The summed E-state index contributed by atoms with van der Waals surface area (Å²) >= 11 is 0. The zero-order chi connectivity index (χ0) is 14.3. The number of carbonyl (C=O) groups is 1. The second-order valence-corrected chi connectivity index (χ2v) is 6.01. The van der Waals surface area contributed by atoms with Crippen molar-refractivity contribution in [1.29, 1.82) is 0 Å². The smallest absolute Gasteiger partial charge is 0.311 e. The van der Waals surface area contributed by atoms with Crippen molar-refractivity contribution < 1.29 is 9.53 Å². The molecule has 1 aromatic rings. The predicted molar refractivity (Wildman–Crippen MR) is 79.2 cm³/mol. The topological polar surface area (TPSA) is 26.3 Å². The van der Waals surface area contributed by atoms with Gasteiger partial charge in [0.2, 0.25) is 0 Å². The highest BCUT2D eigenvalue weighted by molar-refractivity contribution is 5.75. The molecule has 1 rings (SSSR count). The number of hydrogen-bond acceptors (Lipinski definition) is 2. The van der Waals surface area contributed by atoms with Crippen LogP contribution in [0.5, 0.6) is 0 Å². The molecule has 0 radical (unpaired) electrons. The molecule has 0 saturated heterocycles. The van der Waals surface area contributed by atoms with Crippen molar-refractivity contribution in [1.82, 2.24) is 0 Å². The molecule has 0 aromatic heterocycles. The maximum absolute atomic E-state index is 11.7. The predicted octanol–water partition coefficient (Wildman–Crippen LogP) is 4.16. The number of esters is 1. The summed E-state index contributed by atoms with van der Waals surface area (Å²) in [6.07, 6.45) is 4.33. The van der Waals surface area contributed by atoms with Gasteiger partial charge >= 0.3 is 5.97 Å². The molecule has 0 unspecified atom stereocenters. The normalized spacial score (nSPS) is 11.4. The molecule has 1 aromatic carbocycles. The first-order valence-corrected chi connectivity index (χ1v) is 7.19. The first-order valence-electron chi connectivity index (χ1n) is 7.19. The SMILES string of the molecule is CCCCc1ccccc1CCOC(=O)C(C)(C)C. The van der Waals surface area contributed by atoms with E-state index >= 15 is 0 Å². The Balaban J connectivity index is 2.51. The van der Waals surface area contributed by atoms with E-state index in [2.05, 4.69) is 31.2 Å². The lowest BCUT2D eigenvalue weighted by molar-refractivity contribution is -0.152. The molecule has 0 amide bonds. The number of hydrogen-bond donors (Lipinski definition) is 0. The van der Waals surface area contributed by atoms with Gasteiger partial charge in [0.25, 0.3) is 0 Å². The van der Waals surface area contributed by atoms with Gasteiger partial charge in [0.1, 0.15) is 0 Å². The largest absolute Gasteiger partial charge is 0.465 e. The Morgan fingerprint density at radius 3 is 2.21 bits per heavy atom. The molecule has 0 aliphatic carbocycles. The molecule has 0 spiro atoms. The summed E-state index contributed by atoms with van der Waals surface area (Å²) in [5, 5.41) is 0. The number of benzene rings is 1. The summed E-state index contributed by atoms with van der Waals surface area (Å²) in [6, 6.07) is 8.44. The molecule has 2 nitrogen and oxygen atoms in total. The van der Waals surface area contributed by atoms with Crippen LogP contribution in [0.15, 0.2) is 24.3 Å². The fraction of sp³-hybridized carbons (Fsp3) is 0.588. The molecule has 0 fully saturated rings. The van der Waals surface area contributed by atoms with Gasteiger partial charge < -0.3 is 4.74 Å². The molecule has 2 heteroatoms. The zero-order valence-electron chi connectivity index (χ0n) is 12.7. The van der Waals surface area contributed by atoms with Crippen LogP contribution in [0.2, 0.25) is 0 Å². The molecule has 0 atom stereocenters. The van der Waals surface area contributed by atoms with Crippen LogP contribution >= 0.6 is 0 Å². The van der Waals surface area contributed by atoms with Crippen molar-refractivity contribution >= 4 is 5.97 Å². The lowest BCUT2D eigenvalue weighted by Gasteiger charge is -2.17. The summed E-state index contributed by atoms with van der Waals surface area (Å²) in [4.78, 5) is 11.7. The summed E-state index contributed by atoms with van der Waals surface area (Å²) in [6.45, 7) is 8.31. The third kappa shape index (κ3) is 5.46. The van der Waals surface area contributed by atoms with Crippen LogP contribution < -0.4 is 0 Å². The van der Waals surface area contributed by atoms with Crippen LogP contribution in [0.1, 0.15) is 51.7 Å². The van der Waals surface area contributed by atoms with Gasteiger partial charge in [-0.2, -0.15) is 0 Å². The minimum Gasteiger partial charge on any atom is -0.465 e. The lowest BCUT2D eigenvalue weighted by Crippen LogP contribution is -2.23. The van der Waals surface area contributed by atoms with Gasteiger partial charge in [0.05, 0.1) is 12.0 Å². The van der Waals surface area contributed by atoms with E-state index < -0.39 is 5.41 Å². The van der Waals surface area contributed by atoms with Crippen LogP contribution in [0.25, 0.3) is 0 Å². The average molecular weight is 262 g/mol. The summed E-state index contributed by atoms with van der Waals surface area (Å²) in [5.41, 5.74) is 2.27. The fourth-order valence-corrected chi connectivity index (χ4v) is 1.88. The molecule has 0 aliphatic rings. The van der Waals surface area contributed by atoms with Crippen molar-refractivity contribution in [2.75, 3.05) is 6.61 Å². The highest BCUT2D eigenvalue weighted by atomic mass is 16.5. The van der Waals surface area contributed by atoms with Crippen LogP contribution in [0.3, 0.4) is 0 Å². The Morgan fingerprint density at radius 2 is 1.68 bits per heavy atom. The van der Waals surface area contributed by atoms with Crippen molar-refractivity contribution in [2.24, 2.45) is 5.41 Å². The molecule has 106 valence electrons. The van der Waals surface area contributed by atoms with Gasteiger partial charge in [0.15, 0.2) is 0 Å². The van der Waals surface area contributed by atoms with Crippen LogP contribution in [0, 0.1) is 5.41 Å². The lowest BCUT2D eigenvalue weighted by atomic mass is 9.97. The van der Waals surface area contributed by atoms with Crippen LogP contribution in [-0.2, 0) is 22.4 Å². The Hall–Kier alpha value is -1.31. The number of carbonyl (C=O) groups excluding carboxylic acids is 1. The molecule has 0 aliphatic heterocycles. The minimum atomic E-state index is -0.415. The molecule has 0 saturated carbocycles. The maximum Gasteiger partial charge on any atom is 0.311 e. The number of unbranched alkanes of at least 4 members (excludes halogenated alkanes) is 1. The quantitative estimate of drug-likeness (QED) is 0.719. The number of ether oxygens (including phenoxy) is 1. The van der Waals surface area contributed by atoms with E-state index in [9.17, 15) is 4.79 Å². The summed E-state index contributed by atoms with van der Waals surface area (Å²) < 4.78 is 5.33. The minimum absolute atomic E-state index is 0.126. The first kappa shape index (κ1) is 15.7. The zero-order valence-corrected chi connectivity index (χ0v) is 12.7. The Morgan fingerprint density at radius 1 is 1.11 bits per heavy atom. The van der Waals surface area contributed by atoms with Crippen molar-refractivity contribution in [3.05, 3.63) is 35.4 Å². The highest BCUT2D eigenvalue weighted by Gasteiger charge is 2.22. The van der Waals surface area contributed by atoms with Crippen LogP contribution in [0.4, 0.5) is 0 Å². The number of rotatable bonds is 6. The maximum atomic E-state index is 11.7. The van der Waals surface area contributed by atoms with Crippen LogP contribution in [-0.4, -0.2) is 12.6 Å². The average Bonchev–Trinajstić information content (AvgIpc) is 2.36. The molecular weight excluding hydrogens is 236 g/mol. The third-order valence-corrected chi connectivity index (χ3v) is 3.13. The van der Waals surface area contributed by atoms with E-state index in [1.807, 2.05) is 20.8 Å². The second kappa shape index (κ2) is 7.32. The van der Waals surface area contributed by atoms with Gasteiger partial charge in [-0.3, -0.25) is 4.79 Å². The van der Waals surface area contributed by atoms with E-state index in [-0.39, 0.29) is 5.97 Å². The van der Waals surface area contributed by atoms with Crippen molar-refractivity contribution in [3.8, 4) is 0 Å². The van der Waals surface area contributed by atoms with E-state index in [4.69, 9.17) is 4.74 Å². The summed E-state index contributed by atoms with van der Waals surface area (Å²) in [7, 11) is 0. The monoisotopic (exact) mass is 262 g/mol. The molecule has 0 N–H and O–H groups in total. The molecule has 19 heavy (non-hydrogen) atoms. The Labute approximate surface area is 117 Å². The van der Waals surface area contributed by atoms with E-state index in [0.29, 0.717) is 6.61 Å². The second-order valence-electron chi connectivity index (χ2n) is 6.01. The number of aryl methyl sites for hydroxylation is 1. The standard InChI is InChI=1S/C17H26O2/c1-5-6-9-14-10-7-8-11-15(14)12-13-19-16(18)17(2,3)4/h7-8,10-11H,5-6,9,12-13H2,1-4H3. The van der Waals surface area contributed by atoms with E-state index in [1.165, 1.54) is 24.0 Å². The first-order chi connectivity index (χ1) is 8.95. The molecule has 0 heterocycles. The van der Waals surface area contributed by atoms with Gasteiger partial charge in [-0.1, -0.05) is 37.6 Å². The molecule has 0 bridgehead atoms. The van der Waals surface area contributed by atoms with Crippen molar-refractivity contribution in [2.45, 2.75) is 53.4 Å². The van der Waals surface area contributed by atoms with E-state index in [1.54, 1.807) is 0 Å². The highest BCUT2D eigenvalue weighted by Crippen LogP contribution is 2.16. The van der Waals surface area contributed by atoms with Gasteiger partial charge in [-0.05, 0) is 44.7 Å². The van der Waals surface area contributed by atoms with Gasteiger partial charge in [-0.25, -0.2) is 0 Å². The third-order valence-electron chi connectivity index (χ3n) is 3.13. The van der Waals surface area contributed by atoms with Crippen molar-refractivity contribution in [3.63, 3.8) is 0 Å². The Bertz CT molecular complexity index is 402. The Kier molecular flexibility index (Phi) is 6.07. The fourth-order valence-electron chi connectivity index (χ4n) is 1.88. The van der Waals surface area contributed by atoms with Gasteiger partial charge in [0, 0.05) is 6.42 Å². The van der Waals surface area contributed by atoms with Gasteiger partial charge in [-0.15, -0.1) is 0 Å².